The van der Waals surface area contributed by atoms with Crippen LogP contribution in [-0.4, -0.2) is 90.5 Å². The highest BCUT2D eigenvalue weighted by atomic mass is 32.1. The van der Waals surface area contributed by atoms with Crippen LogP contribution in [0, 0.1) is 5.41 Å². The lowest BCUT2D eigenvalue weighted by atomic mass is 9.70. The van der Waals surface area contributed by atoms with E-state index >= 15 is 0 Å². The number of hydrogen-bond donors (Lipinski definition) is 6. The number of rotatable bonds is 24. The molecule has 0 saturated heterocycles. The topological polar surface area (TPSA) is 193 Å². The van der Waals surface area contributed by atoms with Gasteiger partial charge in [0, 0.05) is 84.5 Å². The molecule has 1 fully saturated rings. The number of pyridine rings is 1. The van der Waals surface area contributed by atoms with Gasteiger partial charge in [-0.15, -0.1) is 11.3 Å². The number of thiazole rings is 1. The van der Waals surface area contributed by atoms with Crippen molar-refractivity contribution in [2.75, 3.05) is 57.1 Å². The SMILES string of the molecule is CCCC(C)N(C)Cc1c(C=O)cccc1NC(=O)CCNCCOCCN(N)/C=C(\N)CNC(=O)C1(Cc2cccc(Nc3nccs3)n2)CCCCC1. The Morgan fingerprint density at radius 2 is 1.91 bits per heavy atom. The predicted molar refractivity (Wildman–Crippen MR) is 220 cm³/mol. The molecule has 4 rings (SSSR count). The maximum atomic E-state index is 13.7. The fourth-order valence-electron chi connectivity index (χ4n) is 6.80. The summed E-state index contributed by atoms with van der Waals surface area (Å²) >= 11 is 1.51. The van der Waals surface area contributed by atoms with E-state index in [0.717, 1.165) is 67.6 Å². The van der Waals surface area contributed by atoms with Gasteiger partial charge < -0.3 is 36.7 Å². The van der Waals surface area contributed by atoms with Gasteiger partial charge in [-0.25, -0.2) is 15.8 Å². The van der Waals surface area contributed by atoms with Crippen LogP contribution in [0.4, 0.5) is 16.6 Å². The van der Waals surface area contributed by atoms with Gasteiger partial charge in [-0.3, -0.25) is 19.3 Å². The Balaban J connectivity index is 1.12. The van der Waals surface area contributed by atoms with Crippen molar-refractivity contribution in [2.45, 2.75) is 84.2 Å². The van der Waals surface area contributed by atoms with Crippen LogP contribution >= 0.6 is 11.3 Å². The van der Waals surface area contributed by atoms with Crippen molar-refractivity contribution >= 4 is 46.1 Å². The fourth-order valence-corrected chi connectivity index (χ4v) is 7.34. The Hall–Kier alpha value is -4.41. The zero-order valence-corrected chi connectivity index (χ0v) is 33.5. The van der Waals surface area contributed by atoms with Gasteiger partial charge in [0.15, 0.2) is 5.13 Å². The predicted octanol–water partition coefficient (Wildman–Crippen LogP) is 4.93. The van der Waals surface area contributed by atoms with Gasteiger partial charge in [0.25, 0.3) is 0 Å². The first-order chi connectivity index (χ1) is 26.6. The van der Waals surface area contributed by atoms with E-state index in [9.17, 15) is 14.4 Å². The molecule has 1 unspecified atom stereocenters. The first-order valence-corrected chi connectivity index (χ1v) is 20.2. The van der Waals surface area contributed by atoms with E-state index in [0.29, 0.717) is 74.6 Å². The van der Waals surface area contributed by atoms with Crippen LogP contribution in [0.25, 0.3) is 0 Å². The number of amides is 2. The van der Waals surface area contributed by atoms with Crippen molar-refractivity contribution in [1.82, 2.24) is 30.5 Å². The van der Waals surface area contributed by atoms with Gasteiger partial charge in [0.05, 0.1) is 31.7 Å². The summed E-state index contributed by atoms with van der Waals surface area (Å²) in [5, 5.41) is 16.6. The molecule has 55 heavy (non-hydrogen) atoms. The van der Waals surface area contributed by atoms with E-state index in [1.54, 1.807) is 24.5 Å². The Labute approximate surface area is 329 Å². The van der Waals surface area contributed by atoms with Gasteiger partial charge in [0.2, 0.25) is 11.8 Å². The summed E-state index contributed by atoms with van der Waals surface area (Å²) in [5.74, 6) is 6.71. The summed E-state index contributed by atoms with van der Waals surface area (Å²) in [6.07, 6.45) is 11.9. The van der Waals surface area contributed by atoms with Crippen molar-refractivity contribution in [2.24, 2.45) is 17.0 Å². The summed E-state index contributed by atoms with van der Waals surface area (Å²) in [7, 11) is 2.04. The zero-order valence-electron chi connectivity index (χ0n) is 32.6. The number of aldehydes is 1. The molecule has 0 radical (unpaired) electrons. The molecule has 0 aliphatic heterocycles. The molecular weight excluding hydrogens is 717 g/mol. The van der Waals surface area contributed by atoms with E-state index in [2.05, 4.69) is 45.0 Å². The highest BCUT2D eigenvalue weighted by Crippen LogP contribution is 2.39. The number of anilines is 3. The summed E-state index contributed by atoms with van der Waals surface area (Å²) in [6.45, 7) is 7.36. The molecule has 2 amide bonds. The van der Waals surface area contributed by atoms with Crippen molar-refractivity contribution in [3.63, 3.8) is 0 Å². The van der Waals surface area contributed by atoms with E-state index in [4.69, 9.17) is 21.3 Å². The number of ether oxygens (including phenoxy) is 1. The number of aromatic nitrogens is 2. The van der Waals surface area contributed by atoms with E-state index in [1.807, 2.05) is 36.7 Å². The third-order valence-corrected chi connectivity index (χ3v) is 10.7. The first kappa shape index (κ1) is 43.3. The normalized spacial score (nSPS) is 14.7. The number of carbonyl (C=O) groups excluding carboxylic acids is 3. The van der Waals surface area contributed by atoms with Crippen molar-refractivity contribution < 1.29 is 19.1 Å². The second-order valence-corrected chi connectivity index (χ2v) is 15.2. The quantitative estimate of drug-likeness (QED) is 0.0312. The first-order valence-electron chi connectivity index (χ1n) is 19.4. The number of carbonyl (C=O) groups is 3. The van der Waals surface area contributed by atoms with E-state index < -0.39 is 5.41 Å². The Morgan fingerprint density at radius 3 is 2.65 bits per heavy atom. The average Bonchev–Trinajstić information content (AvgIpc) is 3.69. The van der Waals surface area contributed by atoms with Crippen LogP contribution in [0.5, 0.6) is 0 Å². The maximum absolute atomic E-state index is 13.7. The number of hydrazine groups is 1. The lowest BCUT2D eigenvalue weighted by Crippen LogP contribution is -2.45. The van der Waals surface area contributed by atoms with Crippen molar-refractivity contribution in [3.8, 4) is 0 Å². The largest absolute Gasteiger partial charge is 0.399 e. The monoisotopic (exact) mass is 776 g/mol. The zero-order chi connectivity index (χ0) is 39.5. The smallest absolute Gasteiger partial charge is 0.226 e. The summed E-state index contributed by atoms with van der Waals surface area (Å²) in [6, 6.07) is 11.6. The summed E-state index contributed by atoms with van der Waals surface area (Å²) in [4.78, 5) is 49.4. The minimum absolute atomic E-state index is 0.0160. The molecule has 15 heteroatoms. The minimum Gasteiger partial charge on any atom is -0.399 e. The molecule has 1 aliphatic rings. The van der Waals surface area contributed by atoms with Crippen LogP contribution in [-0.2, 0) is 27.3 Å². The highest BCUT2D eigenvalue weighted by Gasteiger charge is 2.40. The van der Waals surface area contributed by atoms with Gasteiger partial charge in [-0.1, -0.05) is 50.8 Å². The van der Waals surface area contributed by atoms with E-state index in [-0.39, 0.29) is 24.8 Å². The number of nitrogens with one attached hydrogen (secondary N) is 4. The molecule has 0 spiro atoms. The third kappa shape index (κ3) is 14.3. The van der Waals surface area contributed by atoms with Crippen molar-refractivity contribution in [3.05, 3.63) is 76.7 Å². The maximum Gasteiger partial charge on any atom is 0.226 e. The molecule has 2 aromatic heterocycles. The number of nitrogens with two attached hydrogens (primary N) is 2. The number of hydrogen-bond acceptors (Lipinski definition) is 13. The number of benzene rings is 1. The molecule has 14 nitrogen and oxygen atoms in total. The van der Waals surface area contributed by atoms with Gasteiger partial charge in [-0.05, 0) is 51.4 Å². The second-order valence-electron chi connectivity index (χ2n) is 14.3. The highest BCUT2D eigenvalue weighted by molar-refractivity contribution is 7.13. The van der Waals surface area contributed by atoms with Gasteiger partial charge in [0.1, 0.15) is 12.1 Å². The number of nitrogens with zero attached hydrogens (tertiary/aromatic N) is 4. The molecule has 1 aromatic carbocycles. The lowest BCUT2D eigenvalue weighted by Gasteiger charge is -2.36. The third-order valence-electron chi connectivity index (χ3n) is 10.00. The van der Waals surface area contributed by atoms with E-state index in [1.165, 1.54) is 16.3 Å². The summed E-state index contributed by atoms with van der Waals surface area (Å²) < 4.78 is 5.71. The van der Waals surface area contributed by atoms with Crippen LogP contribution < -0.4 is 32.8 Å². The standard InChI is InChI=1S/C40H60N10O4S/c1-4-10-30(2)49(3)28-34-31(29-51)11-8-13-35(34)47-37(52)15-18-43-19-22-54-23-21-50(42)27-32(41)26-45-38(53)40(16-6-5-7-17-40)25-33-12-9-14-36(46-33)48-39-44-20-24-55-39/h8-9,11-14,20,24,27,29-30,43H,4-7,10,15-19,21-23,25-26,28,41-42H2,1-3H3,(H,45,53)(H,47,52)(H,44,46,48)/b32-27-. The Kier molecular flexibility index (Phi) is 18.0. The molecule has 0 bridgehead atoms. The molecule has 3 aromatic rings. The molecular formula is C40H60N10O4S. The molecule has 300 valence electrons. The Morgan fingerprint density at radius 1 is 1.11 bits per heavy atom. The lowest BCUT2D eigenvalue weighted by molar-refractivity contribution is -0.132. The van der Waals surface area contributed by atoms with Crippen LogP contribution in [0.3, 0.4) is 0 Å². The minimum atomic E-state index is -0.546. The average molecular weight is 777 g/mol. The van der Waals surface area contributed by atoms with Gasteiger partial charge in [-0.2, -0.15) is 0 Å². The van der Waals surface area contributed by atoms with Gasteiger partial charge >= 0.3 is 0 Å². The summed E-state index contributed by atoms with van der Waals surface area (Å²) in [5.41, 5.74) is 9.09. The molecule has 2 heterocycles. The second kappa shape index (κ2) is 22.8. The fraction of sp³-hybridized carbons (Fsp3) is 0.525. The molecule has 1 aliphatic carbocycles. The van der Waals surface area contributed by atoms with Crippen LogP contribution in [0.1, 0.15) is 86.8 Å². The molecule has 8 N–H and O–H groups in total. The van der Waals surface area contributed by atoms with Crippen LogP contribution in [0.15, 0.2) is 59.9 Å². The van der Waals surface area contributed by atoms with Crippen molar-refractivity contribution in [1.29, 1.82) is 0 Å². The molecule has 1 saturated carbocycles. The van der Waals surface area contributed by atoms with Crippen LogP contribution in [0.2, 0.25) is 0 Å². The Bertz CT molecular complexity index is 1660. The molecule has 1 atom stereocenters.